The van der Waals surface area contributed by atoms with E-state index in [0.29, 0.717) is 17.7 Å². The van der Waals surface area contributed by atoms with Crippen LogP contribution in [0.2, 0.25) is 0 Å². The van der Waals surface area contributed by atoms with Gasteiger partial charge in [0.05, 0.1) is 0 Å². The minimum absolute atomic E-state index is 0. The molecule has 2 heteroatoms. The number of hydrogen-bond acceptors (Lipinski definition) is 1. The lowest BCUT2D eigenvalue weighted by molar-refractivity contribution is -0.123. The van der Waals surface area contributed by atoms with Gasteiger partial charge in [-0.25, -0.2) is 0 Å². The van der Waals surface area contributed by atoms with Crippen molar-refractivity contribution in [1.29, 1.82) is 0 Å². The minimum atomic E-state index is 0. The summed E-state index contributed by atoms with van der Waals surface area (Å²) in [4.78, 5) is 11.1. The maximum absolute atomic E-state index is 11.1. The van der Waals surface area contributed by atoms with Crippen LogP contribution in [-0.4, -0.2) is 12.5 Å². The number of carbonyl (C=O) groups excluding carboxylic acids is 1. The zero-order valence-corrected chi connectivity index (χ0v) is 8.10. The van der Waals surface area contributed by atoms with E-state index >= 15 is 0 Å². The molecule has 1 saturated heterocycles. The van der Waals surface area contributed by atoms with Crippen molar-refractivity contribution in [3.05, 3.63) is 0 Å². The second-order valence-electron chi connectivity index (χ2n) is 3.40. The lowest BCUT2D eigenvalue weighted by Crippen LogP contribution is -2.21. The van der Waals surface area contributed by atoms with Gasteiger partial charge in [0.25, 0.3) is 0 Å². The number of hydrogen-bond donors (Lipinski definition) is 1. The SMILES string of the molecule is CC.O=C1NC[C@H]2CCCCC12.[HH]. The molecule has 0 radical (unpaired) electrons. The molecule has 2 aliphatic rings. The first-order chi connectivity index (χ1) is 5.88. The van der Waals surface area contributed by atoms with Gasteiger partial charge in [-0.05, 0) is 18.8 Å². The van der Waals surface area contributed by atoms with E-state index < -0.39 is 0 Å². The van der Waals surface area contributed by atoms with E-state index in [1.54, 1.807) is 0 Å². The second-order valence-corrected chi connectivity index (χ2v) is 3.40. The Morgan fingerprint density at radius 1 is 1.33 bits per heavy atom. The first kappa shape index (κ1) is 9.56. The number of fused-ring (bicyclic) bond motifs is 1. The van der Waals surface area contributed by atoms with Crippen molar-refractivity contribution >= 4 is 5.91 Å². The van der Waals surface area contributed by atoms with Crippen LogP contribution in [0.4, 0.5) is 0 Å². The fraction of sp³-hybridized carbons (Fsp3) is 0.900. The van der Waals surface area contributed by atoms with Gasteiger partial charge in [0, 0.05) is 13.9 Å². The third-order valence-corrected chi connectivity index (χ3v) is 2.78. The van der Waals surface area contributed by atoms with Crippen LogP contribution in [0.1, 0.15) is 41.0 Å². The lowest BCUT2D eigenvalue weighted by atomic mass is 9.81. The second kappa shape index (κ2) is 4.48. The molecule has 1 aliphatic heterocycles. The van der Waals surface area contributed by atoms with E-state index in [1.165, 1.54) is 19.3 Å². The fourth-order valence-corrected chi connectivity index (χ4v) is 2.16. The number of rotatable bonds is 0. The van der Waals surface area contributed by atoms with Crippen LogP contribution < -0.4 is 5.32 Å². The van der Waals surface area contributed by atoms with E-state index in [2.05, 4.69) is 5.32 Å². The summed E-state index contributed by atoms with van der Waals surface area (Å²) >= 11 is 0. The van der Waals surface area contributed by atoms with E-state index in [1.807, 2.05) is 13.8 Å². The molecule has 0 aromatic rings. The molecule has 2 atom stereocenters. The van der Waals surface area contributed by atoms with E-state index in [0.717, 1.165) is 13.0 Å². The smallest absolute Gasteiger partial charge is 0.223 e. The molecule has 72 valence electrons. The highest BCUT2D eigenvalue weighted by Crippen LogP contribution is 2.32. The molecule has 1 unspecified atom stereocenters. The van der Waals surface area contributed by atoms with Crippen LogP contribution in [0, 0.1) is 11.8 Å². The summed E-state index contributed by atoms with van der Waals surface area (Å²) in [7, 11) is 0. The maximum atomic E-state index is 11.1. The van der Waals surface area contributed by atoms with Crippen molar-refractivity contribution in [3.63, 3.8) is 0 Å². The van der Waals surface area contributed by atoms with Crippen LogP contribution in [-0.2, 0) is 4.79 Å². The fourth-order valence-electron chi connectivity index (χ4n) is 2.16. The van der Waals surface area contributed by atoms with E-state index in [-0.39, 0.29) is 1.43 Å². The van der Waals surface area contributed by atoms with Crippen molar-refractivity contribution in [2.45, 2.75) is 39.5 Å². The highest BCUT2D eigenvalue weighted by Gasteiger charge is 2.35. The molecule has 12 heavy (non-hydrogen) atoms. The maximum Gasteiger partial charge on any atom is 0.223 e. The molecular formula is C10H21NO. The molecular weight excluding hydrogens is 150 g/mol. The Bertz CT molecular complexity index is 161. The number of amides is 1. The highest BCUT2D eigenvalue weighted by molar-refractivity contribution is 5.81. The average molecular weight is 171 g/mol. The zero-order chi connectivity index (χ0) is 8.97. The summed E-state index contributed by atoms with van der Waals surface area (Å²) in [5, 5.41) is 2.92. The van der Waals surface area contributed by atoms with Gasteiger partial charge >= 0.3 is 0 Å². The largest absolute Gasteiger partial charge is 0.356 e. The van der Waals surface area contributed by atoms with Crippen molar-refractivity contribution in [2.24, 2.45) is 11.8 Å². The molecule has 2 fully saturated rings. The van der Waals surface area contributed by atoms with Crippen LogP contribution in [0.25, 0.3) is 0 Å². The molecule has 1 amide bonds. The van der Waals surface area contributed by atoms with Crippen LogP contribution in [0.3, 0.4) is 0 Å². The third-order valence-electron chi connectivity index (χ3n) is 2.78. The molecule has 0 aromatic heterocycles. The Kier molecular flexibility index (Phi) is 3.57. The van der Waals surface area contributed by atoms with Gasteiger partial charge in [-0.1, -0.05) is 26.7 Å². The molecule has 1 saturated carbocycles. The van der Waals surface area contributed by atoms with Gasteiger partial charge in [-0.15, -0.1) is 0 Å². The molecule has 0 aromatic carbocycles. The Labute approximate surface area is 76.2 Å². The average Bonchev–Trinajstić information content (AvgIpc) is 2.53. The normalized spacial score (nSPS) is 33.0. The summed E-state index contributed by atoms with van der Waals surface area (Å²) in [6.07, 6.45) is 4.99. The predicted molar refractivity (Wildman–Crippen MR) is 51.9 cm³/mol. The van der Waals surface area contributed by atoms with Crippen molar-refractivity contribution in [2.75, 3.05) is 6.54 Å². The van der Waals surface area contributed by atoms with Gasteiger partial charge in [-0.2, -0.15) is 0 Å². The standard InChI is InChI=1S/C8H13NO.C2H6.H2/c10-8-7-4-2-1-3-6(7)5-9-8;1-2;/h6-7H,1-5H2,(H,9,10);1-2H3;1H/t6-,7?;;/m1../s1. The third kappa shape index (κ3) is 1.79. The number of nitrogens with one attached hydrogen (secondary N) is 1. The Hall–Kier alpha value is -0.530. The first-order valence-electron chi connectivity index (χ1n) is 5.15. The summed E-state index contributed by atoms with van der Waals surface area (Å²) in [5.41, 5.74) is 0. The topological polar surface area (TPSA) is 29.1 Å². The minimum Gasteiger partial charge on any atom is -0.356 e. The van der Waals surface area contributed by atoms with Gasteiger partial charge in [-0.3, -0.25) is 4.79 Å². The van der Waals surface area contributed by atoms with Crippen LogP contribution in [0.5, 0.6) is 0 Å². The van der Waals surface area contributed by atoms with E-state index in [9.17, 15) is 4.79 Å². The summed E-state index contributed by atoms with van der Waals surface area (Å²) < 4.78 is 0. The first-order valence-corrected chi connectivity index (χ1v) is 5.15. The quantitative estimate of drug-likeness (QED) is 0.594. The molecule has 0 spiro atoms. The molecule has 1 heterocycles. The Balaban J connectivity index is 0.000000451. The van der Waals surface area contributed by atoms with Crippen LogP contribution in [0.15, 0.2) is 0 Å². The zero-order valence-electron chi connectivity index (χ0n) is 8.10. The van der Waals surface area contributed by atoms with Gasteiger partial charge in [0.1, 0.15) is 0 Å². The van der Waals surface area contributed by atoms with Gasteiger partial charge < -0.3 is 5.32 Å². The van der Waals surface area contributed by atoms with E-state index in [4.69, 9.17) is 0 Å². The predicted octanol–water partition coefficient (Wildman–Crippen LogP) is 2.19. The molecule has 0 bridgehead atoms. The molecule has 2 rings (SSSR count). The summed E-state index contributed by atoms with van der Waals surface area (Å²) in [6.45, 7) is 4.95. The van der Waals surface area contributed by atoms with Gasteiger partial charge in [0.2, 0.25) is 5.91 Å². The highest BCUT2D eigenvalue weighted by atomic mass is 16.2. The Morgan fingerprint density at radius 3 is 2.67 bits per heavy atom. The lowest BCUT2D eigenvalue weighted by Gasteiger charge is -2.21. The van der Waals surface area contributed by atoms with Gasteiger partial charge in [0.15, 0.2) is 0 Å². The molecule has 1 aliphatic carbocycles. The van der Waals surface area contributed by atoms with Crippen molar-refractivity contribution in [1.82, 2.24) is 5.32 Å². The molecule has 2 nitrogen and oxygen atoms in total. The van der Waals surface area contributed by atoms with Crippen molar-refractivity contribution < 1.29 is 6.22 Å². The molecule has 1 N–H and O–H groups in total. The summed E-state index contributed by atoms with van der Waals surface area (Å²) in [5.74, 6) is 1.37. The Morgan fingerprint density at radius 2 is 2.00 bits per heavy atom. The summed E-state index contributed by atoms with van der Waals surface area (Å²) in [6, 6.07) is 0. The van der Waals surface area contributed by atoms with Crippen LogP contribution >= 0.6 is 0 Å². The monoisotopic (exact) mass is 171 g/mol. The van der Waals surface area contributed by atoms with Crippen molar-refractivity contribution in [3.8, 4) is 0 Å². The number of carbonyl (C=O) groups is 1.